The molecule has 8 nitrogen and oxygen atoms in total. The zero-order valence-electron chi connectivity index (χ0n) is 15.8. The first-order valence-corrected chi connectivity index (χ1v) is 8.62. The second kappa shape index (κ2) is 7.51. The van der Waals surface area contributed by atoms with Gasteiger partial charge in [-0.25, -0.2) is 14.8 Å². The van der Waals surface area contributed by atoms with Gasteiger partial charge in [0.15, 0.2) is 0 Å². The molecule has 28 heavy (non-hydrogen) atoms. The molecule has 0 aliphatic heterocycles. The van der Waals surface area contributed by atoms with Crippen molar-refractivity contribution in [3.63, 3.8) is 0 Å². The summed E-state index contributed by atoms with van der Waals surface area (Å²) >= 11 is 0. The Morgan fingerprint density at radius 3 is 2.68 bits per heavy atom. The zero-order valence-corrected chi connectivity index (χ0v) is 15.8. The molecule has 3 N–H and O–H groups in total. The number of carbonyl (C=O) groups excluding carboxylic acids is 1. The normalized spacial score (nSPS) is 10.7. The fourth-order valence-electron chi connectivity index (χ4n) is 2.80. The summed E-state index contributed by atoms with van der Waals surface area (Å²) < 4.78 is 5.32. The van der Waals surface area contributed by atoms with Crippen LogP contribution in [-0.4, -0.2) is 39.0 Å². The van der Waals surface area contributed by atoms with E-state index < -0.39 is 5.97 Å². The third-order valence-corrected chi connectivity index (χ3v) is 4.23. The second-order valence-electron chi connectivity index (χ2n) is 6.22. The van der Waals surface area contributed by atoms with Crippen LogP contribution in [0.2, 0.25) is 0 Å². The van der Waals surface area contributed by atoms with Crippen LogP contribution < -0.4 is 10.1 Å². The highest BCUT2D eigenvalue weighted by Gasteiger charge is 2.20. The molecule has 0 saturated carbocycles. The molecule has 2 aromatic heterocycles. The molecular weight excluding hydrogens is 360 g/mol. The Balaban J connectivity index is 2.23. The van der Waals surface area contributed by atoms with Gasteiger partial charge in [0.1, 0.15) is 17.2 Å². The van der Waals surface area contributed by atoms with Crippen LogP contribution in [0.5, 0.6) is 5.75 Å². The summed E-state index contributed by atoms with van der Waals surface area (Å²) in [7, 11) is 1.50. The predicted octanol–water partition coefficient (Wildman–Crippen LogP) is 3.41. The van der Waals surface area contributed by atoms with Gasteiger partial charge >= 0.3 is 5.97 Å². The molecule has 1 amide bonds. The van der Waals surface area contributed by atoms with E-state index in [2.05, 4.69) is 26.8 Å². The molecule has 0 unspecified atom stereocenters. The van der Waals surface area contributed by atoms with Crippen LogP contribution in [0.4, 0.5) is 5.69 Å². The molecule has 0 aliphatic rings. The highest BCUT2D eigenvalue weighted by molar-refractivity contribution is 6.08. The molecule has 3 aromatic rings. The number of rotatable bonds is 6. The lowest BCUT2D eigenvalue weighted by Crippen LogP contribution is -2.12. The van der Waals surface area contributed by atoms with E-state index in [4.69, 9.17) is 4.74 Å². The van der Waals surface area contributed by atoms with E-state index in [1.807, 2.05) is 6.92 Å². The van der Waals surface area contributed by atoms with E-state index in [1.165, 1.54) is 13.3 Å². The largest absolute Gasteiger partial charge is 0.495 e. The molecule has 3 rings (SSSR count). The van der Waals surface area contributed by atoms with Crippen molar-refractivity contribution in [2.45, 2.75) is 20.3 Å². The Morgan fingerprint density at radius 2 is 2.07 bits per heavy atom. The molecule has 0 bridgehead atoms. The Labute approximate surface area is 161 Å². The molecule has 0 radical (unpaired) electrons. The maximum Gasteiger partial charge on any atom is 0.338 e. The number of anilines is 1. The molecule has 0 saturated heterocycles. The number of hydrogen-bond donors (Lipinski definition) is 3. The predicted molar refractivity (Wildman–Crippen MR) is 106 cm³/mol. The third kappa shape index (κ3) is 3.44. The summed E-state index contributed by atoms with van der Waals surface area (Å²) in [6.45, 7) is 7.15. The smallest absolute Gasteiger partial charge is 0.338 e. The van der Waals surface area contributed by atoms with Crippen LogP contribution >= 0.6 is 0 Å². The number of fused-ring (bicyclic) bond motifs is 1. The summed E-state index contributed by atoms with van der Waals surface area (Å²) in [5.74, 6) is -0.383. The molecule has 0 aliphatic carbocycles. The van der Waals surface area contributed by atoms with Crippen molar-refractivity contribution < 1.29 is 19.4 Å². The number of methoxy groups -OCH3 is 1. The number of aromatic carboxylic acids is 1. The molecule has 144 valence electrons. The topological polar surface area (TPSA) is 117 Å². The van der Waals surface area contributed by atoms with Gasteiger partial charge in [0, 0.05) is 23.8 Å². The van der Waals surface area contributed by atoms with Crippen molar-refractivity contribution in [3.05, 3.63) is 47.9 Å². The molecule has 2 heterocycles. The lowest BCUT2D eigenvalue weighted by molar-refractivity contribution is -0.112. The molecule has 0 atom stereocenters. The van der Waals surface area contributed by atoms with Crippen LogP contribution in [-0.2, 0) is 11.2 Å². The van der Waals surface area contributed by atoms with Gasteiger partial charge in [-0.2, -0.15) is 0 Å². The Morgan fingerprint density at radius 1 is 1.32 bits per heavy atom. The summed E-state index contributed by atoms with van der Waals surface area (Å²) in [5.41, 5.74) is 2.41. The average molecular weight is 380 g/mol. The third-order valence-electron chi connectivity index (χ3n) is 4.23. The SMILES string of the molecule is C=C(C)C(=O)Nc1cc(-c2nc(CC)nc3[nH]cc(C(=O)O)c23)ccc1OC. The molecule has 1 aromatic carbocycles. The highest BCUT2D eigenvalue weighted by atomic mass is 16.5. The van der Waals surface area contributed by atoms with Crippen molar-refractivity contribution in [1.29, 1.82) is 0 Å². The van der Waals surface area contributed by atoms with E-state index in [9.17, 15) is 14.7 Å². The Hall–Kier alpha value is -3.68. The number of nitrogens with one attached hydrogen (secondary N) is 2. The number of carboxylic acids is 1. The first-order valence-electron chi connectivity index (χ1n) is 8.62. The monoisotopic (exact) mass is 380 g/mol. The number of hydrogen-bond acceptors (Lipinski definition) is 5. The van der Waals surface area contributed by atoms with Crippen molar-refractivity contribution in [1.82, 2.24) is 15.0 Å². The van der Waals surface area contributed by atoms with Gasteiger partial charge in [-0.05, 0) is 25.1 Å². The number of nitrogens with zero attached hydrogens (tertiary/aromatic N) is 2. The van der Waals surface area contributed by atoms with E-state index in [1.54, 1.807) is 25.1 Å². The number of aryl methyl sites for hydroxylation is 1. The molecule has 0 spiro atoms. The molecule has 0 fully saturated rings. The fraction of sp³-hybridized carbons (Fsp3) is 0.200. The standard InChI is InChI=1S/C20H20N4O4/c1-5-15-23-17(16-12(20(26)27)9-21-18(16)24-15)11-6-7-14(28-4)13(8-11)22-19(25)10(2)3/h6-9H,2,5H2,1,3-4H3,(H,22,25)(H,26,27)(H,21,23,24). The lowest BCUT2D eigenvalue weighted by atomic mass is 10.0. The number of carboxylic acid groups (broad SMARTS) is 1. The summed E-state index contributed by atoms with van der Waals surface area (Å²) in [4.78, 5) is 35.5. The first kappa shape index (κ1) is 19.1. The minimum Gasteiger partial charge on any atom is -0.495 e. The number of amides is 1. The number of H-pyrrole nitrogens is 1. The van der Waals surface area contributed by atoms with Crippen LogP contribution in [0.3, 0.4) is 0 Å². The van der Waals surface area contributed by atoms with Crippen molar-refractivity contribution >= 4 is 28.6 Å². The summed E-state index contributed by atoms with van der Waals surface area (Å²) in [6, 6.07) is 5.14. The van der Waals surface area contributed by atoms with Crippen LogP contribution in [0.25, 0.3) is 22.3 Å². The van der Waals surface area contributed by atoms with Crippen LogP contribution in [0, 0.1) is 0 Å². The van der Waals surface area contributed by atoms with Gasteiger partial charge in [0.25, 0.3) is 5.91 Å². The van der Waals surface area contributed by atoms with Crippen molar-refractivity contribution in [2.75, 3.05) is 12.4 Å². The first-order chi connectivity index (χ1) is 13.3. The Bertz CT molecular complexity index is 1100. The minimum atomic E-state index is -1.08. The minimum absolute atomic E-state index is 0.0796. The van der Waals surface area contributed by atoms with Gasteiger partial charge in [-0.3, -0.25) is 4.79 Å². The van der Waals surface area contributed by atoms with E-state index >= 15 is 0 Å². The number of benzene rings is 1. The molecule has 8 heteroatoms. The fourth-order valence-corrected chi connectivity index (χ4v) is 2.80. The van der Waals surface area contributed by atoms with Gasteiger partial charge in [0.2, 0.25) is 0 Å². The van der Waals surface area contributed by atoms with E-state index in [0.717, 1.165) is 0 Å². The van der Waals surface area contributed by atoms with E-state index in [-0.39, 0.29) is 11.5 Å². The number of ether oxygens (including phenoxy) is 1. The highest BCUT2D eigenvalue weighted by Crippen LogP contribution is 2.34. The summed E-state index contributed by atoms with van der Waals surface area (Å²) in [5, 5.41) is 12.7. The maximum absolute atomic E-state index is 12.1. The second-order valence-corrected chi connectivity index (χ2v) is 6.22. The maximum atomic E-state index is 12.1. The van der Waals surface area contributed by atoms with Gasteiger partial charge in [-0.15, -0.1) is 0 Å². The van der Waals surface area contributed by atoms with Crippen LogP contribution in [0.1, 0.15) is 30.0 Å². The van der Waals surface area contributed by atoms with Crippen molar-refractivity contribution in [3.8, 4) is 17.0 Å². The quantitative estimate of drug-likeness (QED) is 0.564. The van der Waals surface area contributed by atoms with Gasteiger partial charge in [-0.1, -0.05) is 13.5 Å². The van der Waals surface area contributed by atoms with Crippen LogP contribution in [0.15, 0.2) is 36.5 Å². The Kier molecular flexibility index (Phi) is 5.12. The number of aromatic amines is 1. The number of carbonyl (C=O) groups is 2. The van der Waals surface area contributed by atoms with Gasteiger partial charge < -0.3 is 20.1 Å². The lowest BCUT2D eigenvalue weighted by Gasteiger charge is -2.13. The zero-order chi connectivity index (χ0) is 20.4. The average Bonchev–Trinajstić information content (AvgIpc) is 3.11. The summed E-state index contributed by atoms with van der Waals surface area (Å²) in [6.07, 6.45) is 1.98. The number of aromatic nitrogens is 3. The van der Waals surface area contributed by atoms with E-state index in [0.29, 0.717) is 51.5 Å². The van der Waals surface area contributed by atoms with Gasteiger partial charge in [0.05, 0.1) is 29.4 Å². The molecular formula is C20H20N4O4. The van der Waals surface area contributed by atoms with Crippen molar-refractivity contribution in [2.24, 2.45) is 0 Å².